The van der Waals surface area contributed by atoms with Gasteiger partial charge in [-0.15, -0.1) is 22.7 Å². The molecule has 2 aromatic heterocycles. The maximum absolute atomic E-state index is 12.8. The van der Waals surface area contributed by atoms with E-state index >= 15 is 0 Å². The molecule has 0 unspecified atom stereocenters. The highest BCUT2D eigenvalue weighted by Gasteiger charge is 2.26. The molecule has 2 amide bonds. The zero-order valence-electron chi connectivity index (χ0n) is 15.6. The number of nitrogens with zero attached hydrogens (tertiary/aromatic N) is 3. The van der Waals surface area contributed by atoms with Gasteiger partial charge in [0.2, 0.25) is 0 Å². The molecule has 0 spiro atoms. The summed E-state index contributed by atoms with van der Waals surface area (Å²) in [6, 6.07) is 11.8. The second kappa shape index (κ2) is 8.24. The van der Waals surface area contributed by atoms with Crippen LogP contribution < -0.4 is 0 Å². The summed E-state index contributed by atoms with van der Waals surface area (Å²) < 4.78 is 0. The van der Waals surface area contributed by atoms with Crippen molar-refractivity contribution in [1.29, 1.82) is 0 Å². The van der Waals surface area contributed by atoms with E-state index in [1.54, 1.807) is 16.2 Å². The lowest BCUT2D eigenvalue weighted by atomic mass is 10.1. The van der Waals surface area contributed by atoms with Crippen molar-refractivity contribution in [2.24, 2.45) is 0 Å². The summed E-state index contributed by atoms with van der Waals surface area (Å²) in [5.41, 5.74) is 2.41. The maximum Gasteiger partial charge on any atom is 0.273 e. The average molecular weight is 412 g/mol. The maximum atomic E-state index is 12.8. The molecule has 4 rings (SSSR count). The van der Waals surface area contributed by atoms with Crippen molar-refractivity contribution in [3.63, 3.8) is 0 Å². The van der Waals surface area contributed by atoms with Crippen molar-refractivity contribution >= 4 is 34.5 Å². The third-order valence-electron chi connectivity index (χ3n) is 4.92. The fraction of sp³-hybridized carbons (Fsp3) is 0.286. The Morgan fingerprint density at radius 2 is 1.64 bits per heavy atom. The number of piperazine rings is 1. The Balaban J connectivity index is 1.37. The molecule has 0 aliphatic carbocycles. The first-order valence-corrected chi connectivity index (χ1v) is 11.1. The van der Waals surface area contributed by atoms with Gasteiger partial charge in [0.25, 0.3) is 11.8 Å². The van der Waals surface area contributed by atoms with Crippen LogP contribution in [0.3, 0.4) is 0 Å². The topological polar surface area (TPSA) is 53.5 Å². The summed E-state index contributed by atoms with van der Waals surface area (Å²) in [5.74, 6) is -0.0261. The van der Waals surface area contributed by atoms with E-state index in [9.17, 15) is 9.59 Å². The Morgan fingerprint density at radius 3 is 2.25 bits per heavy atom. The molecule has 0 atom stereocenters. The zero-order chi connectivity index (χ0) is 19.5. The second-order valence-electron chi connectivity index (χ2n) is 6.65. The average Bonchev–Trinajstić information content (AvgIpc) is 3.45. The number of hydrogen-bond acceptors (Lipinski definition) is 5. The minimum atomic E-state index is -0.0570. The van der Waals surface area contributed by atoms with E-state index in [-0.39, 0.29) is 11.8 Å². The molecule has 0 saturated carbocycles. The van der Waals surface area contributed by atoms with Crippen molar-refractivity contribution in [3.05, 3.63) is 64.0 Å². The van der Waals surface area contributed by atoms with Crippen LogP contribution in [0.25, 0.3) is 9.88 Å². The molecule has 0 radical (unpaired) electrons. The predicted octanol–water partition coefficient (Wildman–Crippen LogP) is 4.03. The highest BCUT2D eigenvalue weighted by Crippen LogP contribution is 2.28. The van der Waals surface area contributed by atoms with Crippen LogP contribution in [0.4, 0.5) is 0 Å². The van der Waals surface area contributed by atoms with Crippen LogP contribution in [-0.4, -0.2) is 52.8 Å². The molecule has 1 aliphatic heterocycles. The molecule has 0 bridgehead atoms. The molecule has 5 nitrogen and oxygen atoms in total. The first-order chi connectivity index (χ1) is 13.7. The third-order valence-corrected chi connectivity index (χ3v) is 6.80. The largest absolute Gasteiger partial charge is 0.335 e. The number of rotatable bonds is 4. The molecule has 1 aliphatic rings. The van der Waals surface area contributed by atoms with E-state index in [2.05, 4.69) is 11.9 Å². The van der Waals surface area contributed by atoms with Crippen molar-refractivity contribution in [2.45, 2.75) is 13.3 Å². The number of thiazole rings is 1. The molecule has 144 valence electrons. The van der Waals surface area contributed by atoms with Crippen molar-refractivity contribution < 1.29 is 9.59 Å². The van der Waals surface area contributed by atoms with Gasteiger partial charge in [-0.25, -0.2) is 4.98 Å². The number of hydrogen-bond donors (Lipinski definition) is 0. The van der Waals surface area contributed by atoms with E-state index < -0.39 is 0 Å². The number of amides is 2. The van der Waals surface area contributed by atoms with E-state index in [0.29, 0.717) is 37.4 Å². The van der Waals surface area contributed by atoms with Gasteiger partial charge in [0.15, 0.2) is 0 Å². The Kier molecular flexibility index (Phi) is 5.54. The Bertz CT molecular complexity index is 956. The first kappa shape index (κ1) is 18.8. The van der Waals surface area contributed by atoms with Gasteiger partial charge in [-0.05, 0) is 35.6 Å². The van der Waals surface area contributed by atoms with Crippen LogP contribution >= 0.6 is 22.7 Å². The van der Waals surface area contributed by atoms with Crippen molar-refractivity contribution in [2.75, 3.05) is 26.2 Å². The summed E-state index contributed by atoms with van der Waals surface area (Å²) in [5, 5.41) is 4.71. The molecular weight excluding hydrogens is 390 g/mol. The van der Waals surface area contributed by atoms with Gasteiger partial charge in [-0.2, -0.15) is 0 Å². The van der Waals surface area contributed by atoms with Crippen LogP contribution in [0.5, 0.6) is 0 Å². The Morgan fingerprint density at radius 1 is 0.964 bits per heavy atom. The minimum absolute atomic E-state index is 0.0309. The molecule has 1 aromatic carbocycles. The summed E-state index contributed by atoms with van der Waals surface area (Å²) in [6.45, 7) is 4.25. The van der Waals surface area contributed by atoms with E-state index in [0.717, 1.165) is 16.3 Å². The van der Waals surface area contributed by atoms with E-state index in [4.69, 9.17) is 0 Å². The molecular formula is C21H21N3O2S2. The van der Waals surface area contributed by atoms with Crippen LogP contribution in [-0.2, 0) is 6.42 Å². The number of aryl methyl sites for hydroxylation is 1. The number of carbonyl (C=O) groups excluding carboxylic acids is 2. The van der Waals surface area contributed by atoms with Crippen LogP contribution in [0, 0.1) is 0 Å². The van der Waals surface area contributed by atoms with Crippen LogP contribution in [0.15, 0.2) is 47.2 Å². The SMILES string of the molecule is CCc1ccc(C(=O)N2CCN(C(=O)c3csc(-c4cccs4)n3)CC2)cc1. The summed E-state index contributed by atoms with van der Waals surface area (Å²) in [6.07, 6.45) is 0.958. The minimum Gasteiger partial charge on any atom is -0.335 e. The van der Waals surface area contributed by atoms with Crippen LogP contribution in [0.2, 0.25) is 0 Å². The summed E-state index contributed by atoms with van der Waals surface area (Å²) in [7, 11) is 0. The molecule has 1 fully saturated rings. The van der Waals surface area contributed by atoms with E-state index in [1.165, 1.54) is 16.9 Å². The standard InChI is InChI=1S/C21H21N3O2S2/c1-2-15-5-7-16(8-6-15)20(25)23-9-11-24(12-10-23)21(26)17-14-28-19(22-17)18-4-3-13-27-18/h3-8,13-14H,2,9-12H2,1H3. The molecule has 7 heteroatoms. The fourth-order valence-corrected chi connectivity index (χ4v) is 4.83. The normalized spacial score (nSPS) is 14.3. The summed E-state index contributed by atoms with van der Waals surface area (Å²) >= 11 is 3.11. The van der Waals surface area contributed by atoms with Crippen molar-refractivity contribution in [3.8, 4) is 9.88 Å². The third kappa shape index (κ3) is 3.86. The lowest BCUT2D eigenvalue weighted by Gasteiger charge is -2.34. The number of thiophene rings is 1. The van der Waals surface area contributed by atoms with Crippen molar-refractivity contribution in [1.82, 2.24) is 14.8 Å². The highest BCUT2D eigenvalue weighted by atomic mass is 32.1. The quantitative estimate of drug-likeness (QED) is 0.651. The number of benzene rings is 1. The fourth-order valence-electron chi connectivity index (χ4n) is 3.23. The monoisotopic (exact) mass is 411 g/mol. The van der Waals surface area contributed by atoms with Gasteiger partial charge in [-0.1, -0.05) is 25.1 Å². The van der Waals surface area contributed by atoms with Gasteiger partial charge in [-0.3, -0.25) is 9.59 Å². The molecule has 28 heavy (non-hydrogen) atoms. The number of carbonyl (C=O) groups is 2. The van der Waals surface area contributed by atoms with Gasteiger partial charge in [0.1, 0.15) is 10.7 Å². The van der Waals surface area contributed by atoms with E-state index in [1.807, 2.05) is 52.1 Å². The van der Waals surface area contributed by atoms with Gasteiger partial charge < -0.3 is 9.80 Å². The molecule has 3 aromatic rings. The highest BCUT2D eigenvalue weighted by molar-refractivity contribution is 7.20. The summed E-state index contributed by atoms with van der Waals surface area (Å²) in [4.78, 5) is 34.7. The Hall–Kier alpha value is -2.51. The lowest BCUT2D eigenvalue weighted by molar-refractivity contribution is 0.0533. The molecule has 1 saturated heterocycles. The smallest absolute Gasteiger partial charge is 0.273 e. The van der Waals surface area contributed by atoms with Gasteiger partial charge >= 0.3 is 0 Å². The molecule has 3 heterocycles. The molecule has 0 N–H and O–H groups in total. The second-order valence-corrected chi connectivity index (χ2v) is 8.46. The lowest BCUT2D eigenvalue weighted by Crippen LogP contribution is -2.50. The zero-order valence-corrected chi connectivity index (χ0v) is 17.3. The van der Waals surface area contributed by atoms with Crippen LogP contribution in [0.1, 0.15) is 33.3 Å². The van der Waals surface area contributed by atoms with Gasteiger partial charge in [0, 0.05) is 37.1 Å². The Labute approximate surface area is 172 Å². The van der Waals surface area contributed by atoms with Gasteiger partial charge in [0.05, 0.1) is 4.88 Å². The first-order valence-electron chi connectivity index (χ1n) is 9.32. The predicted molar refractivity (Wildman–Crippen MR) is 113 cm³/mol. The number of aromatic nitrogens is 1.